The molecule has 3 rings (SSSR count). The second kappa shape index (κ2) is 6.14. The first-order valence-corrected chi connectivity index (χ1v) is 8.56. The Morgan fingerprint density at radius 1 is 0.913 bits per heavy atom. The van der Waals surface area contributed by atoms with E-state index in [1.165, 1.54) is 6.42 Å². The first-order valence-electron chi connectivity index (χ1n) is 8.56. The maximum Gasteiger partial charge on any atom is 0.333 e. The molecular formula is C19H26O4. The second-order valence-electron chi connectivity index (χ2n) is 7.66. The standard InChI is InChI=1S/C19H26O4/c1-10(2)18(20)22-9-12-5-14-13-7-16(15(14)6-12)17(8-13)23-19(21)11(3)4/h12-17H,1,3,5-9H2,2,4H3. The summed E-state index contributed by atoms with van der Waals surface area (Å²) in [7, 11) is 0. The van der Waals surface area contributed by atoms with Gasteiger partial charge in [0.25, 0.3) is 0 Å². The van der Waals surface area contributed by atoms with Crippen LogP contribution >= 0.6 is 0 Å². The van der Waals surface area contributed by atoms with Crippen LogP contribution in [0.15, 0.2) is 24.3 Å². The molecule has 6 atom stereocenters. The van der Waals surface area contributed by atoms with E-state index in [0.717, 1.165) is 19.3 Å². The number of esters is 2. The maximum atomic E-state index is 11.8. The third-order valence-electron chi connectivity index (χ3n) is 5.91. The molecule has 23 heavy (non-hydrogen) atoms. The molecular weight excluding hydrogens is 292 g/mol. The van der Waals surface area contributed by atoms with Crippen molar-refractivity contribution in [3.05, 3.63) is 24.3 Å². The first kappa shape index (κ1) is 16.3. The minimum atomic E-state index is -0.293. The Bertz CT molecular complexity index is 550. The number of fused-ring (bicyclic) bond motifs is 5. The average Bonchev–Trinajstić information content (AvgIpc) is 3.14. The molecule has 0 saturated heterocycles. The summed E-state index contributed by atoms with van der Waals surface area (Å²) in [5.74, 6) is 2.36. The molecule has 6 unspecified atom stereocenters. The third-order valence-corrected chi connectivity index (χ3v) is 5.91. The number of hydrogen-bond acceptors (Lipinski definition) is 4. The summed E-state index contributed by atoms with van der Waals surface area (Å²) in [6.07, 6.45) is 4.44. The van der Waals surface area contributed by atoms with E-state index in [2.05, 4.69) is 13.2 Å². The molecule has 3 aliphatic rings. The van der Waals surface area contributed by atoms with E-state index in [1.54, 1.807) is 13.8 Å². The normalized spacial score (nSPS) is 37.3. The molecule has 0 radical (unpaired) electrons. The lowest BCUT2D eigenvalue weighted by Gasteiger charge is -2.31. The van der Waals surface area contributed by atoms with Crippen LogP contribution in [0, 0.1) is 29.6 Å². The quantitative estimate of drug-likeness (QED) is 0.576. The minimum Gasteiger partial charge on any atom is -0.462 e. The molecule has 3 saturated carbocycles. The Labute approximate surface area is 137 Å². The van der Waals surface area contributed by atoms with Crippen LogP contribution in [0.5, 0.6) is 0 Å². The molecule has 126 valence electrons. The van der Waals surface area contributed by atoms with Gasteiger partial charge < -0.3 is 9.47 Å². The van der Waals surface area contributed by atoms with Gasteiger partial charge in [0, 0.05) is 11.1 Å². The zero-order valence-corrected chi connectivity index (χ0v) is 14.0. The Balaban J connectivity index is 1.55. The van der Waals surface area contributed by atoms with Crippen LogP contribution in [-0.4, -0.2) is 24.6 Å². The van der Waals surface area contributed by atoms with Crippen molar-refractivity contribution in [3.63, 3.8) is 0 Å². The van der Waals surface area contributed by atoms with Gasteiger partial charge in [-0.1, -0.05) is 13.2 Å². The molecule has 2 bridgehead atoms. The highest BCUT2D eigenvalue weighted by atomic mass is 16.5. The largest absolute Gasteiger partial charge is 0.462 e. The molecule has 0 heterocycles. The highest BCUT2D eigenvalue weighted by molar-refractivity contribution is 5.87. The van der Waals surface area contributed by atoms with Gasteiger partial charge in [0.1, 0.15) is 6.10 Å². The van der Waals surface area contributed by atoms with E-state index >= 15 is 0 Å². The fourth-order valence-corrected chi connectivity index (χ4v) is 4.95. The summed E-state index contributed by atoms with van der Waals surface area (Å²) in [5, 5.41) is 0. The van der Waals surface area contributed by atoms with Crippen molar-refractivity contribution >= 4 is 11.9 Å². The number of hydrogen-bond donors (Lipinski definition) is 0. The maximum absolute atomic E-state index is 11.8. The van der Waals surface area contributed by atoms with Crippen molar-refractivity contribution in [2.24, 2.45) is 29.6 Å². The van der Waals surface area contributed by atoms with Crippen molar-refractivity contribution < 1.29 is 19.1 Å². The lowest BCUT2D eigenvalue weighted by Crippen LogP contribution is -2.32. The molecule has 4 nitrogen and oxygen atoms in total. The number of carbonyl (C=O) groups excluding carboxylic acids is 2. The Morgan fingerprint density at radius 2 is 1.57 bits per heavy atom. The summed E-state index contributed by atoms with van der Waals surface area (Å²) >= 11 is 0. The fraction of sp³-hybridized carbons (Fsp3) is 0.684. The monoisotopic (exact) mass is 318 g/mol. The molecule has 0 aromatic heterocycles. The van der Waals surface area contributed by atoms with Crippen molar-refractivity contribution in [1.82, 2.24) is 0 Å². The van der Waals surface area contributed by atoms with Crippen LogP contribution in [0.3, 0.4) is 0 Å². The summed E-state index contributed by atoms with van der Waals surface area (Å²) in [4.78, 5) is 23.3. The van der Waals surface area contributed by atoms with Crippen molar-refractivity contribution in [1.29, 1.82) is 0 Å². The van der Waals surface area contributed by atoms with E-state index in [9.17, 15) is 9.59 Å². The van der Waals surface area contributed by atoms with Crippen LogP contribution < -0.4 is 0 Å². The Hall–Kier alpha value is -1.58. The summed E-state index contributed by atoms with van der Waals surface area (Å²) in [5.41, 5.74) is 0.926. The van der Waals surface area contributed by atoms with E-state index in [0.29, 0.717) is 47.3 Å². The molecule has 0 aromatic rings. The molecule has 3 fully saturated rings. The minimum absolute atomic E-state index is 0.0576. The van der Waals surface area contributed by atoms with Gasteiger partial charge in [-0.15, -0.1) is 0 Å². The van der Waals surface area contributed by atoms with Gasteiger partial charge in [0.2, 0.25) is 0 Å². The van der Waals surface area contributed by atoms with Crippen LogP contribution in [0.2, 0.25) is 0 Å². The molecule has 0 spiro atoms. The third kappa shape index (κ3) is 3.08. The number of rotatable bonds is 5. The predicted molar refractivity (Wildman–Crippen MR) is 86.4 cm³/mol. The average molecular weight is 318 g/mol. The summed E-state index contributed by atoms with van der Waals surface area (Å²) < 4.78 is 11.0. The first-order chi connectivity index (χ1) is 10.9. The molecule has 0 amide bonds. The van der Waals surface area contributed by atoms with Crippen molar-refractivity contribution in [2.45, 2.75) is 45.6 Å². The summed E-state index contributed by atoms with van der Waals surface area (Å²) in [6.45, 7) is 11.1. The van der Waals surface area contributed by atoms with Crippen LogP contribution in [-0.2, 0) is 19.1 Å². The molecule has 0 aromatic carbocycles. The predicted octanol–water partition coefficient (Wildman–Crippen LogP) is 3.28. The van der Waals surface area contributed by atoms with Crippen molar-refractivity contribution in [3.8, 4) is 0 Å². The molecule has 3 aliphatic carbocycles. The van der Waals surface area contributed by atoms with E-state index in [1.807, 2.05) is 0 Å². The Kier molecular flexibility index (Phi) is 4.35. The van der Waals surface area contributed by atoms with Gasteiger partial charge in [-0.2, -0.15) is 0 Å². The zero-order chi connectivity index (χ0) is 16.7. The lowest BCUT2D eigenvalue weighted by atomic mass is 9.80. The van der Waals surface area contributed by atoms with Gasteiger partial charge in [-0.3, -0.25) is 0 Å². The van der Waals surface area contributed by atoms with Gasteiger partial charge in [-0.05, 0) is 69.1 Å². The topological polar surface area (TPSA) is 52.6 Å². The zero-order valence-electron chi connectivity index (χ0n) is 14.0. The lowest BCUT2D eigenvalue weighted by molar-refractivity contribution is -0.148. The van der Waals surface area contributed by atoms with Crippen LogP contribution in [0.1, 0.15) is 39.5 Å². The SMILES string of the molecule is C=C(C)C(=O)OCC1CC2C3CC(OC(=O)C(=C)C)C(C3)C2C1. The molecule has 4 heteroatoms. The number of ether oxygens (including phenoxy) is 2. The fourth-order valence-electron chi connectivity index (χ4n) is 4.95. The van der Waals surface area contributed by atoms with Crippen molar-refractivity contribution in [2.75, 3.05) is 6.61 Å². The summed E-state index contributed by atoms with van der Waals surface area (Å²) in [6, 6.07) is 0. The smallest absolute Gasteiger partial charge is 0.333 e. The Morgan fingerprint density at radius 3 is 2.22 bits per heavy atom. The highest BCUT2D eigenvalue weighted by Gasteiger charge is 2.57. The molecule has 0 N–H and O–H groups in total. The number of carbonyl (C=O) groups is 2. The van der Waals surface area contributed by atoms with Gasteiger partial charge >= 0.3 is 11.9 Å². The molecule has 0 aliphatic heterocycles. The van der Waals surface area contributed by atoms with E-state index < -0.39 is 0 Å². The van der Waals surface area contributed by atoms with Gasteiger partial charge in [-0.25, -0.2) is 9.59 Å². The van der Waals surface area contributed by atoms with E-state index in [-0.39, 0.29) is 18.0 Å². The van der Waals surface area contributed by atoms with Gasteiger partial charge in [0.05, 0.1) is 6.61 Å². The van der Waals surface area contributed by atoms with E-state index in [4.69, 9.17) is 9.47 Å². The highest BCUT2D eigenvalue weighted by Crippen LogP contribution is 2.60. The van der Waals surface area contributed by atoms with Crippen LogP contribution in [0.4, 0.5) is 0 Å². The second-order valence-corrected chi connectivity index (χ2v) is 7.66. The van der Waals surface area contributed by atoms with Gasteiger partial charge in [0.15, 0.2) is 0 Å². The van der Waals surface area contributed by atoms with Crippen LogP contribution in [0.25, 0.3) is 0 Å².